The first-order valence-corrected chi connectivity index (χ1v) is 8.63. The molecule has 0 aromatic heterocycles. The van der Waals surface area contributed by atoms with Gasteiger partial charge in [-0.05, 0) is 36.8 Å². The van der Waals surface area contributed by atoms with E-state index in [2.05, 4.69) is 15.9 Å². The second-order valence-corrected chi connectivity index (χ2v) is 6.88. The number of esters is 1. The lowest BCUT2D eigenvalue weighted by atomic mass is 9.93. The summed E-state index contributed by atoms with van der Waals surface area (Å²) in [6.45, 7) is 3.43. The van der Waals surface area contributed by atoms with E-state index in [-0.39, 0.29) is 16.9 Å². The van der Waals surface area contributed by atoms with Crippen LogP contribution in [0.3, 0.4) is 0 Å². The zero-order chi connectivity index (χ0) is 17.3. The van der Waals surface area contributed by atoms with Crippen LogP contribution in [-0.2, 0) is 9.53 Å². The number of fused-ring (bicyclic) bond motifs is 1. The second-order valence-electron chi connectivity index (χ2n) is 5.83. The predicted molar refractivity (Wildman–Crippen MR) is 94.8 cm³/mol. The summed E-state index contributed by atoms with van der Waals surface area (Å²) in [5.41, 5.74) is 2.97. The number of alkyl halides is 1. The van der Waals surface area contributed by atoms with Crippen LogP contribution in [0.1, 0.15) is 35.8 Å². The molecule has 1 aliphatic heterocycles. The Hall–Kier alpha value is -2.01. The predicted octanol–water partition coefficient (Wildman–Crippen LogP) is 4.51. The largest absolute Gasteiger partial charge is 0.497 e. The van der Waals surface area contributed by atoms with Crippen LogP contribution in [0.4, 0.5) is 0 Å². The molecule has 2 aromatic carbocycles. The Bertz CT molecular complexity index is 742. The summed E-state index contributed by atoms with van der Waals surface area (Å²) in [6, 6.07) is 13.6. The van der Waals surface area contributed by atoms with Gasteiger partial charge < -0.3 is 14.2 Å². The maximum absolute atomic E-state index is 11.6. The van der Waals surface area contributed by atoms with Gasteiger partial charge >= 0.3 is 5.97 Å². The Kier molecular flexibility index (Phi) is 4.81. The Morgan fingerprint density at radius 1 is 1.17 bits per heavy atom. The number of halogens is 1. The van der Waals surface area contributed by atoms with Gasteiger partial charge in [0.1, 0.15) is 23.7 Å². The topological polar surface area (TPSA) is 44.8 Å². The van der Waals surface area contributed by atoms with E-state index >= 15 is 0 Å². The van der Waals surface area contributed by atoms with E-state index in [1.165, 1.54) is 6.92 Å². The van der Waals surface area contributed by atoms with Crippen LogP contribution < -0.4 is 9.47 Å². The molecule has 0 aliphatic carbocycles. The van der Waals surface area contributed by atoms with Crippen LogP contribution in [0.15, 0.2) is 42.5 Å². The first-order valence-electron chi connectivity index (χ1n) is 7.72. The summed E-state index contributed by atoms with van der Waals surface area (Å²) in [5.74, 6) is 1.21. The molecular weight excluding hydrogens is 372 g/mol. The van der Waals surface area contributed by atoms with Gasteiger partial charge in [0.2, 0.25) is 0 Å². The number of carbonyl (C=O) groups is 1. The fourth-order valence-corrected chi connectivity index (χ4v) is 3.69. The zero-order valence-corrected chi connectivity index (χ0v) is 15.4. The third-order valence-electron chi connectivity index (χ3n) is 4.04. The summed E-state index contributed by atoms with van der Waals surface area (Å²) >= 11 is 3.68. The molecule has 0 bridgehead atoms. The molecule has 1 aliphatic rings. The van der Waals surface area contributed by atoms with Crippen LogP contribution in [0.5, 0.6) is 11.5 Å². The number of hydrogen-bond donors (Lipinski definition) is 0. The van der Waals surface area contributed by atoms with Gasteiger partial charge in [-0.15, -0.1) is 0 Å². The highest BCUT2D eigenvalue weighted by molar-refractivity contribution is 9.09. The highest BCUT2D eigenvalue weighted by Gasteiger charge is 2.39. The fraction of sp³-hybridized carbons (Fsp3) is 0.316. The molecule has 1 heterocycles. The molecule has 0 fully saturated rings. The number of rotatable bonds is 3. The highest BCUT2D eigenvalue weighted by Crippen LogP contribution is 2.46. The quantitative estimate of drug-likeness (QED) is 0.571. The number of hydrogen-bond acceptors (Lipinski definition) is 4. The monoisotopic (exact) mass is 390 g/mol. The van der Waals surface area contributed by atoms with Gasteiger partial charge in [0.15, 0.2) is 0 Å². The van der Waals surface area contributed by atoms with E-state index in [0.29, 0.717) is 0 Å². The summed E-state index contributed by atoms with van der Waals surface area (Å²) in [6.07, 6.45) is -0.672. The van der Waals surface area contributed by atoms with Gasteiger partial charge in [-0.2, -0.15) is 0 Å². The molecule has 0 radical (unpaired) electrons. The second kappa shape index (κ2) is 6.85. The minimum atomic E-state index is -0.404. The van der Waals surface area contributed by atoms with E-state index in [1.54, 1.807) is 7.11 Å². The number of methoxy groups -OCH3 is 1. The van der Waals surface area contributed by atoms with Crippen LogP contribution in [-0.4, -0.2) is 17.9 Å². The van der Waals surface area contributed by atoms with Gasteiger partial charge in [-0.25, -0.2) is 0 Å². The van der Waals surface area contributed by atoms with Crippen molar-refractivity contribution in [3.05, 3.63) is 59.2 Å². The smallest absolute Gasteiger partial charge is 0.303 e. The van der Waals surface area contributed by atoms with E-state index in [1.807, 2.05) is 49.4 Å². The lowest BCUT2D eigenvalue weighted by molar-refractivity contribution is -0.148. The average molecular weight is 391 g/mol. The van der Waals surface area contributed by atoms with Gasteiger partial charge in [0.25, 0.3) is 0 Å². The first-order chi connectivity index (χ1) is 11.5. The van der Waals surface area contributed by atoms with E-state index < -0.39 is 6.10 Å². The highest BCUT2D eigenvalue weighted by atomic mass is 79.9. The third-order valence-corrected chi connectivity index (χ3v) is 5.00. The van der Waals surface area contributed by atoms with Crippen molar-refractivity contribution in [2.24, 2.45) is 0 Å². The number of benzene rings is 2. The van der Waals surface area contributed by atoms with Crippen molar-refractivity contribution in [3.8, 4) is 11.5 Å². The fourth-order valence-electron chi connectivity index (χ4n) is 2.88. The Morgan fingerprint density at radius 2 is 1.88 bits per heavy atom. The summed E-state index contributed by atoms with van der Waals surface area (Å²) < 4.78 is 17.0. The molecule has 3 rings (SSSR count). The van der Waals surface area contributed by atoms with Crippen LogP contribution in [0.25, 0.3) is 0 Å². The van der Waals surface area contributed by atoms with E-state index in [4.69, 9.17) is 14.2 Å². The zero-order valence-electron chi connectivity index (χ0n) is 13.8. The van der Waals surface area contributed by atoms with Crippen molar-refractivity contribution in [3.63, 3.8) is 0 Å². The van der Waals surface area contributed by atoms with Crippen molar-refractivity contribution in [1.29, 1.82) is 0 Å². The van der Waals surface area contributed by atoms with Crippen molar-refractivity contribution < 1.29 is 19.0 Å². The average Bonchev–Trinajstić information content (AvgIpc) is 2.57. The molecule has 3 atom stereocenters. The Labute approximate surface area is 149 Å². The molecule has 0 saturated heterocycles. The SMILES string of the molecule is COc1ccc([C@H]2Oc3ccc(C)cc3[C@@H](OC(C)=O)[C@H]2Br)cc1. The minimum Gasteiger partial charge on any atom is -0.497 e. The summed E-state index contributed by atoms with van der Waals surface area (Å²) in [7, 11) is 1.63. The number of ether oxygens (including phenoxy) is 3. The molecule has 0 saturated carbocycles. The molecular formula is C19H19BrO4. The molecule has 0 amide bonds. The van der Waals surface area contributed by atoms with Gasteiger partial charge in [0.05, 0.1) is 11.9 Å². The van der Waals surface area contributed by atoms with E-state index in [9.17, 15) is 4.79 Å². The lowest BCUT2D eigenvalue weighted by Crippen LogP contribution is -2.32. The minimum absolute atomic E-state index is 0.191. The third kappa shape index (κ3) is 3.26. The molecule has 126 valence electrons. The van der Waals surface area contributed by atoms with Gasteiger partial charge in [-0.3, -0.25) is 4.79 Å². The normalized spacial score (nSPS) is 22.2. The van der Waals surface area contributed by atoms with Crippen molar-refractivity contribution >= 4 is 21.9 Å². The first kappa shape index (κ1) is 16.8. The molecule has 4 nitrogen and oxygen atoms in total. The van der Waals surface area contributed by atoms with Crippen LogP contribution in [0.2, 0.25) is 0 Å². The molecule has 0 unspecified atom stereocenters. The van der Waals surface area contributed by atoms with Gasteiger partial charge in [0, 0.05) is 12.5 Å². The summed E-state index contributed by atoms with van der Waals surface area (Å²) in [5, 5.41) is 0. The Balaban J connectivity index is 2.00. The molecule has 24 heavy (non-hydrogen) atoms. The number of carbonyl (C=O) groups excluding carboxylic acids is 1. The molecule has 0 spiro atoms. The van der Waals surface area contributed by atoms with Crippen molar-refractivity contribution in [1.82, 2.24) is 0 Å². The Morgan fingerprint density at radius 3 is 2.50 bits per heavy atom. The molecule has 5 heteroatoms. The molecule has 2 aromatic rings. The maximum Gasteiger partial charge on any atom is 0.303 e. The maximum atomic E-state index is 11.6. The summed E-state index contributed by atoms with van der Waals surface area (Å²) in [4.78, 5) is 11.4. The van der Waals surface area contributed by atoms with Crippen molar-refractivity contribution in [2.45, 2.75) is 30.9 Å². The lowest BCUT2D eigenvalue weighted by Gasteiger charge is -2.36. The van der Waals surface area contributed by atoms with Crippen molar-refractivity contribution in [2.75, 3.05) is 7.11 Å². The standard InChI is InChI=1S/C19H19BrO4/c1-11-4-9-16-15(10-11)19(23-12(2)21)17(20)18(24-16)13-5-7-14(22-3)8-6-13/h4-10,17-19H,1-3H3/t17-,18+,19+/m0/s1. The number of aryl methyl sites for hydroxylation is 1. The van der Waals surface area contributed by atoms with Gasteiger partial charge in [-0.1, -0.05) is 39.7 Å². The van der Waals surface area contributed by atoms with E-state index in [0.717, 1.165) is 28.2 Å². The molecule has 0 N–H and O–H groups in total. The van der Waals surface area contributed by atoms with Crippen LogP contribution >= 0.6 is 15.9 Å². The van der Waals surface area contributed by atoms with Crippen LogP contribution in [0, 0.1) is 6.92 Å².